The lowest BCUT2D eigenvalue weighted by Crippen LogP contribution is -2.26. The van der Waals surface area contributed by atoms with E-state index < -0.39 is 11.9 Å². The van der Waals surface area contributed by atoms with E-state index in [0.29, 0.717) is 13.2 Å². The van der Waals surface area contributed by atoms with Crippen LogP contribution in [0.1, 0.15) is 58.9 Å². The van der Waals surface area contributed by atoms with E-state index in [2.05, 4.69) is 29.7 Å². The van der Waals surface area contributed by atoms with Gasteiger partial charge in [-0.25, -0.2) is 9.59 Å². The summed E-state index contributed by atoms with van der Waals surface area (Å²) in [5.74, 6) is -1.19. The number of carbonyl (C=O) groups excluding carboxylic acids is 2. The number of ether oxygens (including phenoxy) is 3. The van der Waals surface area contributed by atoms with Gasteiger partial charge in [-0.3, -0.25) is 0 Å². The van der Waals surface area contributed by atoms with Gasteiger partial charge >= 0.3 is 11.9 Å². The Hall–Kier alpha value is -4.34. The van der Waals surface area contributed by atoms with Gasteiger partial charge in [0.05, 0.1) is 13.2 Å². The third-order valence-corrected chi connectivity index (χ3v) is 6.89. The van der Waals surface area contributed by atoms with Crippen molar-refractivity contribution in [1.82, 2.24) is 4.90 Å². The number of nitriles is 2. The van der Waals surface area contributed by atoms with Crippen LogP contribution in [0, 0.1) is 22.7 Å². The van der Waals surface area contributed by atoms with Crippen LogP contribution < -0.4 is 4.90 Å². The maximum absolute atomic E-state index is 11.9. The SMILES string of the molecule is CCOC(=O)/C(C#N)=C/C1=CC=C(N(CC)CCCOCCCN(CC)c2ccc(/C=C(\C#N)C(=O)OCC)cc2)CC1. The summed E-state index contributed by atoms with van der Waals surface area (Å²) in [5.41, 5.74) is 4.06. The molecule has 9 heteroatoms. The van der Waals surface area contributed by atoms with E-state index in [9.17, 15) is 20.1 Å². The van der Waals surface area contributed by atoms with Gasteiger partial charge in [0.15, 0.2) is 0 Å². The van der Waals surface area contributed by atoms with Gasteiger partial charge in [0, 0.05) is 50.8 Å². The molecule has 0 atom stereocenters. The molecule has 43 heavy (non-hydrogen) atoms. The van der Waals surface area contributed by atoms with Crippen LogP contribution in [0.15, 0.2) is 64.9 Å². The fraction of sp³-hybridized carbons (Fsp3) is 0.471. The van der Waals surface area contributed by atoms with E-state index in [0.717, 1.165) is 68.7 Å². The number of rotatable bonds is 18. The van der Waals surface area contributed by atoms with E-state index in [1.807, 2.05) is 42.5 Å². The minimum atomic E-state index is -0.610. The Bertz CT molecular complexity index is 1260. The summed E-state index contributed by atoms with van der Waals surface area (Å²) in [7, 11) is 0. The first kappa shape index (κ1) is 34.9. The van der Waals surface area contributed by atoms with Crippen molar-refractivity contribution in [3.63, 3.8) is 0 Å². The zero-order valence-electron chi connectivity index (χ0n) is 25.9. The number of anilines is 1. The highest BCUT2D eigenvalue weighted by Gasteiger charge is 2.15. The van der Waals surface area contributed by atoms with Crippen molar-refractivity contribution in [3.05, 3.63) is 70.5 Å². The Kier molecular flexibility index (Phi) is 16.0. The lowest BCUT2D eigenvalue weighted by molar-refractivity contribution is -0.138. The smallest absolute Gasteiger partial charge is 0.348 e. The van der Waals surface area contributed by atoms with Gasteiger partial charge in [0.1, 0.15) is 23.3 Å². The largest absolute Gasteiger partial charge is 0.462 e. The van der Waals surface area contributed by atoms with E-state index in [1.54, 1.807) is 26.0 Å². The summed E-state index contributed by atoms with van der Waals surface area (Å²) in [6.07, 6.45) is 10.7. The van der Waals surface area contributed by atoms with Crippen LogP contribution in [0.5, 0.6) is 0 Å². The van der Waals surface area contributed by atoms with Crippen LogP contribution in [-0.2, 0) is 23.8 Å². The predicted octanol–water partition coefficient (Wildman–Crippen LogP) is 5.72. The first-order chi connectivity index (χ1) is 20.9. The first-order valence-electron chi connectivity index (χ1n) is 15.1. The van der Waals surface area contributed by atoms with Gasteiger partial charge in [-0.15, -0.1) is 0 Å². The second kappa shape index (κ2) is 19.7. The molecule has 0 bridgehead atoms. The summed E-state index contributed by atoms with van der Waals surface area (Å²) in [6, 6.07) is 11.6. The van der Waals surface area contributed by atoms with Crippen molar-refractivity contribution in [2.75, 3.05) is 57.5 Å². The average molecular weight is 589 g/mol. The molecule has 1 aromatic rings. The topological polar surface area (TPSA) is 116 Å². The molecule has 0 radical (unpaired) electrons. The van der Waals surface area contributed by atoms with Gasteiger partial charge < -0.3 is 24.0 Å². The quantitative estimate of drug-likeness (QED) is 0.0919. The maximum Gasteiger partial charge on any atom is 0.348 e. The Morgan fingerprint density at radius 2 is 1.35 bits per heavy atom. The Morgan fingerprint density at radius 1 is 0.791 bits per heavy atom. The molecule has 0 unspecified atom stereocenters. The molecule has 0 N–H and O–H groups in total. The first-order valence-corrected chi connectivity index (χ1v) is 15.1. The number of benzene rings is 1. The summed E-state index contributed by atoms with van der Waals surface area (Å²) in [6.45, 7) is 13.0. The van der Waals surface area contributed by atoms with Gasteiger partial charge in [0.25, 0.3) is 0 Å². The van der Waals surface area contributed by atoms with Crippen molar-refractivity contribution in [3.8, 4) is 12.1 Å². The minimum absolute atomic E-state index is 0.0158. The molecule has 1 aromatic carbocycles. The number of carbonyl (C=O) groups is 2. The van der Waals surface area contributed by atoms with Crippen LogP contribution >= 0.6 is 0 Å². The number of esters is 2. The van der Waals surface area contributed by atoms with Crippen LogP contribution in [0.3, 0.4) is 0 Å². The summed E-state index contributed by atoms with van der Waals surface area (Å²) >= 11 is 0. The second-order valence-corrected chi connectivity index (χ2v) is 9.75. The van der Waals surface area contributed by atoms with Crippen molar-refractivity contribution in [2.45, 2.75) is 53.4 Å². The molecular formula is C34H44N4O5. The summed E-state index contributed by atoms with van der Waals surface area (Å²) < 4.78 is 15.8. The molecular weight excluding hydrogens is 544 g/mol. The summed E-state index contributed by atoms with van der Waals surface area (Å²) in [5, 5.41) is 18.5. The van der Waals surface area contributed by atoms with E-state index in [-0.39, 0.29) is 24.4 Å². The lowest BCUT2D eigenvalue weighted by Gasteiger charge is -2.28. The molecule has 0 spiro atoms. The number of hydrogen-bond donors (Lipinski definition) is 0. The fourth-order valence-corrected chi connectivity index (χ4v) is 4.64. The molecule has 0 saturated heterocycles. The van der Waals surface area contributed by atoms with Gasteiger partial charge in [0.2, 0.25) is 0 Å². The highest BCUT2D eigenvalue weighted by atomic mass is 16.5. The van der Waals surface area contributed by atoms with E-state index in [1.165, 1.54) is 5.70 Å². The Morgan fingerprint density at radius 3 is 1.84 bits per heavy atom. The number of hydrogen-bond acceptors (Lipinski definition) is 9. The highest BCUT2D eigenvalue weighted by Crippen LogP contribution is 2.23. The van der Waals surface area contributed by atoms with E-state index in [4.69, 9.17) is 14.2 Å². The molecule has 0 amide bonds. The van der Waals surface area contributed by atoms with Crippen LogP contribution in [-0.4, -0.2) is 69.4 Å². The molecule has 1 aliphatic carbocycles. The van der Waals surface area contributed by atoms with Crippen molar-refractivity contribution in [1.29, 1.82) is 10.5 Å². The molecule has 0 aromatic heterocycles. The van der Waals surface area contributed by atoms with Gasteiger partial charge in [-0.05, 0) is 94.9 Å². The predicted molar refractivity (Wildman–Crippen MR) is 168 cm³/mol. The monoisotopic (exact) mass is 588 g/mol. The highest BCUT2D eigenvalue weighted by molar-refractivity contribution is 5.98. The molecule has 0 saturated carbocycles. The van der Waals surface area contributed by atoms with Crippen LogP contribution in [0.2, 0.25) is 0 Å². The van der Waals surface area contributed by atoms with E-state index >= 15 is 0 Å². The number of nitrogens with zero attached hydrogens (tertiary/aromatic N) is 4. The zero-order valence-corrected chi connectivity index (χ0v) is 25.9. The molecule has 2 rings (SSSR count). The van der Waals surface area contributed by atoms with Crippen molar-refractivity contribution >= 4 is 23.7 Å². The molecule has 1 aliphatic rings. The Labute approximate surface area is 256 Å². The molecule has 0 fully saturated rings. The normalized spacial score (nSPS) is 13.3. The van der Waals surface area contributed by atoms with Gasteiger partial charge in [-0.1, -0.05) is 18.2 Å². The molecule has 9 nitrogen and oxygen atoms in total. The summed E-state index contributed by atoms with van der Waals surface area (Å²) in [4.78, 5) is 28.3. The maximum atomic E-state index is 11.9. The van der Waals surface area contributed by atoms with Gasteiger partial charge in [-0.2, -0.15) is 10.5 Å². The standard InChI is InChI=1S/C34H44N4O5/c1-5-37(31-15-11-27(12-16-31)23-29(25-35)33(39)42-7-3)19-9-21-41-22-10-20-38(6-2)32-17-13-28(14-18-32)24-30(26-36)34(40)43-8-4/h11-13,15-17,23-24H,5-10,14,18-22H2,1-4H3/b29-23+,30-24+. The fourth-order valence-electron chi connectivity index (χ4n) is 4.64. The minimum Gasteiger partial charge on any atom is -0.462 e. The average Bonchev–Trinajstić information content (AvgIpc) is 3.03. The third-order valence-electron chi connectivity index (χ3n) is 6.89. The molecule has 230 valence electrons. The number of allylic oxidation sites excluding steroid dienone is 5. The second-order valence-electron chi connectivity index (χ2n) is 9.75. The van der Waals surface area contributed by atoms with Crippen molar-refractivity contribution in [2.24, 2.45) is 0 Å². The van der Waals surface area contributed by atoms with Crippen LogP contribution in [0.25, 0.3) is 6.08 Å². The lowest BCUT2D eigenvalue weighted by atomic mass is 9.99. The van der Waals surface area contributed by atoms with Crippen molar-refractivity contribution < 1.29 is 23.8 Å². The van der Waals surface area contributed by atoms with Crippen LogP contribution in [0.4, 0.5) is 5.69 Å². The molecule has 0 heterocycles. The third kappa shape index (κ3) is 11.8. The molecule has 0 aliphatic heterocycles. The zero-order chi connectivity index (χ0) is 31.5. The Balaban J connectivity index is 1.77.